The van der Waals surface area contributed by atoms with E-state index in [0.717, 1.165) is 38.6 Å². The first-order chi connectivity index (χ1) is 11.3. The zero-order valence-corrected chi connectivity index (χ0v) is 17.3. The molecule has 0 bridgehead atoms. The van der Waals surface area contributed by atoms with Gasteiger partial charge in [-0.15, -0.1) is 24.0 Å². The monoisotopic (exact) mass is 445 g/mol. The third-order valence-electron chi connectivity index (χ3n) is 4.38. The van der Waals surface area contributed by atoms with Crippen molar-refractivity contribution in [2.45, 2.75) is 32.2 Å². The molecule has 1 aliphatic heterocycles. The molecule has 0 radical (unpaired) electrons. The van der Waals surface area contributed by atoms with Crippen LogP contribution in [0.25, 0.3) is 0 Å². The normalized spacial score (nSPS) is 18.1. The van der Waals surface area contributed by atoms with E-state index in [2.05, 4.69) is 57.0 Å². The molecule has 1 unspecified atom stereocenters. The summed E-state index contributed by atoms with van der Waals surface area (Å²) in [7, 11) is 1.84. The lowest BCUT2D eigenvalue weighted by molar-refractivity contribution is 0.267. The Bertz CT molecular complexity index is 466. The molecule has 0 spiro atoms. The molecule has 5 nitrogen and oxygen atoms in total. The molecule has 1 aliphatic rings. The van der Waals surface area contributed by atoms with Crippen LogP contribution in [0, 0.1) is 0 Å². The summed E-state index contributed by atoms with van der Waals surface area (Å²) in [5.74, 6) is 0.910. The first-order valence-electron chi connectivity index (χ1n) is 8.81. The second-order valence-electron chi connectivity index (χ2n) is 5.95. The van der Waals surface area contributed by atoms with Gasteiger partial charge in [0, 0.05) is 38.4 Å². The van der Waals surface area contributed by atoms with Crippen LogP contribution in [0.3, 0.4) is 0 Å². The highest BCUT2D eigenvalue weighted by molar-refractivity contribution is 14.0. The quantitative estimate of drug-likeness (QED) is 0.249. The summed E-state index contributed by atoms with van der Waals surface area (Å²) in [6, 6.07) is 11.0. The molecule has 6 heteroatoms. The summed E-state index contributed by atoms with van der Waals surface area (Å²) in [6.45, 7) is 7.48. The van der Waals surface area contributed by atoms with Gasteiger partial charge >= 0.3 is 0 Å². The van der Waals surface area contributed by atoms with Crippen LogP contribution in [0.1, 0.15) is 26.2 Å². The maximum absolute atomic E-state index is 4.31. The standard InChI is InChI=1S/C18H31N5.HI/c1-3-23-14-7-11-17(23)15-22-18(19-2)21-13-8-12-20-16-9-5-4-6-10-16;/h4-6,9-10,17,20H,3,7-8,11-15H2,1-2H3,(H2,19,21,22);1H. The van der Waals surface area contributed by atoms with E-state index in [9.17, 15) is 0 Å². The molecule has 24 heavy (non-hydrogen) atoms. The summed E-state index contributed by atoms with van der Waals surface area (Å²) in [6.07, 6.45) is 3.66. The van der Waals surface area contributed by atoms with E-state index in [4.69, 9.17) is 0 Å². The Morgan fingerprint density at radius 2 is 2.00 bits per heavy atom. The number of aliphatic imine (C=N–C) groups is 1. The number of nitrogens with zero attached hydrogens (tertiary/aromatic N) is 2. The highest BCUT2D eigenvalue weighted by Crippen LogP contribution is 2.15. The van der Waals surface area contributed by atoms with Gasteiger partial charge < -0.3 is 16.0 Å². The Kier molecular flexibility index (Phi) is 10.8. The van der Waals surface area contributed by atoms with E-state index in [1.165, 1.54) is 25.1 Å². The molecule has 0 aromatic heterocycles. The molecular weight excluding hydrogens is 413 g/mol. The molecule has 1 saturated heterocycles. The number of benzene rings is 1. The number of para-hydroxylation sites is 1. The van der Waals surface area contributed by atoms with Crippen LogP contribution in [0.15, 0.2) is 35.3 Å². The van der Waals surface area contributed by atoms with Gasteiger partial charge in [0.15, 0.2) is 5.96 Å². The van der Waals surface area contributed by atoms with Gasteiger partial charge in [0.1, 0.15) is 0 Å². The Hall–Kier alpha value is -1.02. The molecule has 1 aromatic carbocycles. The van der Waals surface area contributed by atoms with E-state index in [0.29, 0.717) is 6.04 Å². The third-order valence-corrected chi connectivity index (χ3v) is 4.38. The molecule has 2 rings (SSSR count). The minimum Gasteiger partial charge on any atom is -0.385 e. The summed E-state index contributed by atoms with van der Waals surface area (Å²) in [5.41, 5.74) is 1.18. The summed E-state index contributed by atoms with van der Waals surface area (Å²) >= 11 is 0. The Morgan fingerprint density at radius 1 is 1.21 bits per heavy atom. The van der Waals surface area contributed by atoms with Crippen LogP contribution in [0.5, 0.6) is 0 Å². The molecule has 1 fully saturated rings. The molecule has 1 aromatic rings. The van der Waals surface area contributed by atoms with Crippen LogP contribution in [-0.4, -0.2) is 56.7 Å². The Labute approximate surface area is 163 Å². The molecule has 1 heterocycles. The molecule has 136 valence electrons. The highest BCUT2D eigenvalue weighted by Gasteiger charge is 2.22. The van der Waals surface area contributed by atoms with E-state index in [1.54, 1.807) is 0 Å². The molecule has 1 atom stereocenters. The molecule has 0 saturated carbocycles. The number of hydrogen-bond acceptors (Lipinski definition) is 3. The van der Waals surface area contributed by atoms with Gasteiger partial charge in [0.05, 0.1) is 0 Å². The average molecular weight is 445 g/mol. The number of rotatable bonds is 8. The number of nitrogens with one attached hydrogen (secondary N) is 3. The lowest BCUT2D eigenvalue weighted by atomic mass is 10.2. The molecule has 0 amide bonds. The Morgan fingerprint density at radius 3 is 2.71 bits per heavy atom. The first-order valence-corrected chi connectivity index (χ1v) is 8.81. The van der Waals surface area contributed by atoms with Crippen molar-refractivity contribution >= 4 is 35.6 Å². The second kappa shape index (κ2) is 12.4. The van der Waals surface area contributed by atoms with E-state index in [1.807, 2.05) is 13.1 Å². The van der Waals surface area contributed by atoms with Crippen molar-refractivity contribution < 1.29 is 0 Å². The number of likely N-dealkylation sites (N-methyl/N-ethyl adjacent to an activating group) is 1. The lowest BCUT2D eigenvalue weighted by Gasteiger charge is -2.24. The number of halogens is 1. The number of anilines is 1. The van der Waals surface area contributed by atoms with Crippen LogP contribution in [-0.2, 0) is 0 Å². The first kappa shape index (κ1) is 21.0. The van der Waals surface area contributed by atoms with Gasteiger partial charge in [0.2, 0.25) is 0 Å². The molecular formula is C18H32IN5. The smallest absolute Gasteiger partial charge is 0.191 e. The summed E-state index contributed by atoms with van der Waals surface area (Å²) < 4.78 is 0. The molecule has 3 N–H and O–H groups in total. The minimum absolute atomic E-state index is 0. The van der Waals surface area contributed by atoms with Crippen LogP contribution >= 0.6 is 24.0 Å². The predicted molar refractivity (Wildman–Crippen MR) is 115 cm³/mol. The lowest BCUT2D eigenvalue weighted by Crippen LogP contribution is -2.45. The van der Waals surface area contributed by atoms with E-state index >= 15 is 0 Å². The SMILES string of the molecule is CCN1CCCC1CNC(=NC)NCCCNc1ccccc1.I. The van der Waals surface area contributed by atoms with Crippen molar-refractivity contribution in [1.82, 2.24) is 15.5 Å². The number of likely N-dealkylation sites (tertiary alicyclic amines) is 1. The third kappa shape index (κ3) is 7.25. The van der Waals surface area contributed by atoms with Crippen molar-refractivity contribution in [3.05, 3.63) is 30.3 Å². The zero-order chi connectivity index (χ0) is 16.3. The van der Waals surface area contributed by atoms with Crippen LogP contribution < -0.4 is 16.0 Å². The fourth-order valence-corrected chi connectivity index (χ4v) is 3.06. The number of hydrogen-bond donors (Lipinski definition) is 3. The van der Waals surface area contributed by atoms with Gasteiger partial charge in [-0.05, 0) is 44.5 Å². The second-order valence-corrected chi connectivity index (χ2v) is 5.95. The van der Waals surface area contributed by atoms with Crippen molar-refractivity contribution in [1.29, 1.82) is 0 Å². The van der Waals surface area contributed by atoms with Gasteiger partial charge in [-0.2, -0.15) is 0 Å². The maximum Gasteiger partial charge on any atom is 0.191 e. The predicted octanol–water partition coefficient (Wildman–Crippen LogP) is 2.76. The molecule has 0 aliphatic carbocycles. The van der Waals surface area contributed by atoms with Gasteiger partial charge in [-0.1, -0.05) is 25.1 Å². The van der Waals surface area contributed by atoms with Gasteiger partial charge in [-0.25, -0.2) is 0 Å². The van der Waals surface area contributed by atoms with Crippen molar-refractivity contribution in [3.8, 4) is 0 Å². The summed E-state index contributed by atoms with van der Waals surface area (Å²) in [4.78, 5) is 6.86. The van der Waals surface area contributed by atoms with E-state index < -0.39 is 0 Å². The van der Waals surface area contributed by atoms with Gasteiger partial charge in [-0.3, -0.25) is 9.89 Å². The van der Waals surface area contributed by atoms with E-state index in [-0.39, 0.29) is 24.0 Å². The minimum atomic E-state index is 0. The van der Waals surface area contributed by atoms with Crippen molar-refractivity contribution in [3.63, 3.8) is 0 Å². The largest absolute Gasteiger partial charge is 0.385 e. The van der Waals surface area contributed by atoms with Crippen molar-refractivity contribution in [2.24, 2.45) is 4.99 Å². The fourth-order valence-electron chi connectivity index (χ4n) is 3.06. The summed E-state index contributed by atoms with van der Waals surface area (Å²) in [5, 5.41) is 10.3. The van der Waals surface area contributed by atoms with Gasteiger partial charge in [0.25, 0.3) is 0 Å². The van der Waals surface area contributed by atoms with Crippen LogP contribution in [0.2, 0.25) is 0 Å². The highest BCUT2D eigenvalue weighted by atomic mass is 127. The van der Waals surface area contributed by atoms with Crippen LogP contribution in [0.4, 0.5) is 5.69 Å². The zero-order valence-electron chi connectivity index (χ0n) is 14.9. The topological polar surface area (TPSA) is 51.7 Å². The maximum atomic E-state index is 4.31. The Balaban J connectivity index is 0.00000288. The average Bonchev–Trinajstić information content (AvgIpc) is 3.06. The van der Waals surface area contributed by atoms with Crippen molar-refractivity contribution in [2.75, 3.05) is 45.1 Å². The number of guanidine groups is 1. The fraction of sp³-hybridized carbons (Fsp3) is 0.611.